The van der Waals surface area contributed by atoms with Crippen LogP contribution < -0.4 is 5.32 Å². The molecule has 78 valence electrons. The first-order valence-electron chi connectivity index (χ1n) is 4.85. The molecule has 1 unspecified atom stereocenters. The molecular formula is C11H11FN2O. The van der Waals surface area contributed by atoms with Crippen molar-refractivity contribution in [3.05, 3.63) is 29.1 Å². The Morgan fingerprint density at radius 3 is 2.93 bits per heavy atom. The number of halogens is 1. The molecule has 0 radical (unpaired) electrons. The van der Waals surface area contributed by atoms with E-state index in [-0.39, 0.29) is 11.5 Å². The van der Waals surface area contributed by atoms with E-state index in [0.29, 0.717) is 0 Å². The summed E-state index contributed by atoms with van der Waals surface area (Å²) >= 11 is 0. The summed E-state index contributed by atoms with van der Waals surface area (Å²) in [5, 5.41) is 21.1. The maximum Gasteiger partial charge on any atom is 0.169 e. The summed E-state index contributed by atoms with van der Waals surface area (Å²) in [5.74, 6) is -1.02. The predicted octanol–water partition coefficient (Wildman–Crippen LogP) is 1.48. The fourth-order valence-corrected chi connectivity index (χ4v) is 1.88. The average Bonchev–Trinajstić information content (AvgIpc) is 2.75. The van der Waals surface area contributed by atoms with Crippen molar-refractivity contribution in [2.45, 2.75) is 12.3 Å². The van der Waals surface area contributed by atoms with E-state index in [4.69, 9.17) is 5.26 Å². The second-order valence-electron chi connectivity index (χ2n) is 3.70. The molecule has 0 aromatic heterocycles. The van der Waals surface area contributed by atoms with Crippen LogP contribution in [0, 0.1) is 17.1 Å². The van der Waals surface area contributed by atoms with Crippen molar-refractivity contribution < 1.29 is 9.50 Å². The first-order valence-corrected chi connectivity index (χ1v) is 4.85. The molecule has 4 heteroatoms. The van der Waals surface area contributed by atoms with Crippen LogP contribution in [0.4, 0.5) is 4.39 Å². The van der Waals surface area contributed by atoms with Crippen LogP contribution in [0.3, 0.4) is 0 Å². The van der Waals surface area contributed by atoms with Gasteiger partial charge in [0, 0.05) is 6.54 Å². The summed E-state index contributed by atoms with van der Waals surface area (Å²) in [6.07, 6.45) is 0.940. The first kappa shape index (κ1) is 9.94. The molecule has 0 saturated carbocycles. The number of phenolic OH excluding ortho intramolecular Hbond substituents is 1. The molecule has 15 heavy (non-hydrogen) atoms. The summed E-state index contributed by atoms with van der Waals surface area (Å²) in [5.41, 5.74) is 0.795. The van der Waals surface area contributed by atoms with Crippen LogP contribution in [0.25, 0.3) is 0 Å². The molecule has 1 atom stereocenters. The summed E-state index contributed by atoms with van der Waals surface area (Å²) in [7, 11) is 0. The number of aromatic hydroxyl groups is 1. The van der Waals surface area contributed by atoms with Crippen LogP contribution in [0.1, 0.15) is 23.5 Å². The Kier molecular flexibility index (Phi) is 2.57. The smallest absolute Gasteiger partial charge is 0.169 e. The third-order valence-corrected chi connectivity index (χ3v) is 2.74. The molecule has 1 aromatic carbocycles. The lowest BCUT2D eigenvalue weighted by Gasteiger charge is -2.10. The maximum atomic E-state index is 13.3. The van der Waals surface area contributed by atoms with Gasteiger partial charge in [0.2, 0.25) is 0 Å². The molecule has 1 saturated heterocycles. The summed E-state index contributed by atoms with van der Waals surface area (Å²) in [6, 6.07) is 4.67. The summed E-state index contributed by atoms with van der Waals surface area (Å²) < 4.78 is 13.3. The van der Waals surface area contributed by atoms with Crippen LogP contribution in [0.2, 0.25) is 0 Å². The largest absolute Gasteiger partial charge is 0.504 e. The Bertz CT molecular complexity index is 419. The van der Waals surface area contributed by atoms with E-state index in [1.807, 2.05) is 0 Å². The van der Waals surface area contributed by atoms with Gasteiger partial charge in [0.25, 0.3) is 0 Å². The van der Waals surface area contributed by atoms with Crippen molar-refractivity contribution in [3.63, 3.8) is 0 Å². The van der Waals surface area contributed by atoms with Crippen molar-refractivity contribution in [1.82, 2.24) is 5.32 Å². The average molecular weight is 206 g/mol. The first-order chi connectivity index (χ1) is 7.22. The quantitative estimate of drug-likeness (QED) is 0.731. The van der Waals surface area contributed by atoms with Gasteiger partial charge in [-0.25, -0.2) is 4.39 Å². The van der Waals surface area contributed by atoms with E-state index in [1.54, 1.807) is 12.1 Å². The van der Waals surface area contributed by atoms with Gasteiger partial charge in [0.15, 0.2) is 11.6 Å². The molecule has 2 rings (SSSR count). The Labute approximate surface area is 87.2 Å². The fraction of sp³-hybridized carbons (Fsp3) is 0.364. The molecule has 1 aromatic rings. The lowest BCUT2D eigenvalue weighted by molar-refractivity contribution is 0.429. The van der Waals surface area contributed by atoms with Gasteiger partial charge in [-0.15, -0.1) is 0 Å². The van der Waals surface area contributed by atoms with Crippen molar-refractivity contribution in [3.8, 4) is 11.8 Å². The highest BCUT2D eigenvalue weighted by Crippen LogP contribution is 2.29. The van der Waals surface area contributed by atoms with Crippen LogP contribution in [0.5, 0.6) is 5.75 Å². The monoisotopic (exact) mass is 206 g/mol. The third kappa shape index (κ3) is 1.79. The molecule has 0 amide bonds. The SMILES string of the molecule is N#Cc1cc(C2CCNC2)cc(F)c1O. The van der Waals surface area contributed by atoms with Gasteiger partial charge in [-0.2, -0.15) is 5.26 Å². The van der Waals surface area contributed by atoms with Crippen LogP contribution in [-0.4, -0.2) is 18.2 Å². The Hall–Kier alpha value is -1.60. The van der Waals surface area contributed by atoms with Crippen molar-refractivity contribution in [1.29, 1.82) is 5.26 Å². The molecule has 2 N–H and O–H groups in total. The molecule has 1 heterocycles. The lowest BCUT2D eigenvalue weighted by Crippen LogP contribution is -2.08. The van der Waals surface area contributed by atoms with E-state index in [9.17, 15) is 9.50 Å². The molecule has 0 bridgehead atoms. The Morgan fingerprint density at radius 2 is 2.33 bits per heavy atom. The topological polar surface area (TPSA) is 56.0 Å². The number of nitrogens with zero attached hydrogens (tertiary/aromatic N) is 1. The van der Waals surface area contributed by atoms with Gasteiger partial charge in [0.1, 0.15) is 6.07 Å². The highest BCUT2D eigenvalue weighted by atomic mass is 19.1. The van der Waals surface area contributed by atoms with Gasteiger partial charge >= 0.3 is 0 Å². The highest BCUT2D eigenvalue weighted by Gasteiger charge is 2.19. The van der Waals surface area contributed by atoms with Gasteiger partial charge in [-0.3, -0.25) is 0 Å². The van der Waals surface area contributed by atoms with Crippen LogP contribution >= 0.6 is 0 Å². The molecule has 3 nitrogen and oxygen atoms in total. The minimum absolute atomic E-state index is 0.0110. The van der Waals surface area contributed by atoms with E-state index in [2.05, 4.69) is 5.32 Å². The molecule has 1 aliphatic heterocycles. The number of hydrogen-bond donors (Lipinski definition) is 2. The molecule has 1 aliphatic rings. The minimum Gasteiger partial charge on any atom is -0.504 e. The molecule has 1 fully saturated rings. The van der Waals surface area contributed by atoms with E-state index in [1.165, 1.54) is 6.07 Å². The summed E-state index contributed by atoms with van der Waals surface area (Å²) in [6.45, 7) is 1.71. The number of phenols is 1. The zero-order valence-corrected chi connectivity index (χ0v) is 8.13. The third-order valence-electron chi connectivity index (χ3n) is 2.74. The van der Waals surface area contributed by atoms with E-state index >= 15 is 0 Å². The zero-order valence-electron chi connectivity index (χ0n) is 8.13. The Morgan fingerprint density at radius 1 is 1.53 bits per heavy atom. The normalized spacial score (nSPS) is 20.1. The molecule has 0 spiro atoms. The highest BCUT2D eigenvalue weighted by molar-refractivity contribution is 5.46. The second kappa shape index (κ2) is 3.87. The van der Waals surface area contributed by atoms with Gasteiger partial charge in [-0.05, 0) is 36.6 Å². The number of hydrogen-bond acceptors (Lipinski definition) is 3. The lowest BCUT2D eigenvalue weighted by atomic mass is 9.96. The van der Waals surface area contributed by atoms with E-state index in [0.717, 1.165) is 25.1 Å². The number of rotatable bonds is 1. The summed E-state index contributed by atoms with van der Waals surface area (Å²) in [4.78, 5) is 0. The predicted molar refractivity (Wildman–Crippen MR) is 53.0 cm³/mol. The zero-order chi connectivity index (χ0) is 10.8. The molecule has 0 aliphatic carbocycles. The fourth-order valence-electron chi connectivity index (χ4n) is 1.88. The standard InChI is InChI=1S/C11H11FN2O/c12-10-4-8(7-1-2-14-6-7)3-9(5-13)11(10)15/h3-4,7,14-15H,1-2,6H2. The van der Waals surface area contributed by atoms with Crippen molar-refractivity contribution in [2.24, 2.45) is 0 Å². The van der Waals surface area contributed by atoms with Crippen molar-refractivity contribution >= 4 is 0 Å². The minimum atomic E-state index is -0.712. The van der Waals surface area contributed by atoms with E-state index < -0.39 is 11.6 Å². The molecular weight excluding hydrogens is 195 g/mol. The van der Waals surface area contributed by atoms with Crippen LogP contribution in [0.15, 0.2) is 12.1 Å². The Balaban J connectivity index is 2.41. The second-order valence-corrected chi connectivity index (χ2v) is 3.70. The van der Waals surface area contributed by atoms with Crippen molar-refractivity contribution in [2.75, 3.05) is 13.1 Å². The van der Waals surface area contributed by atoms with Gasteiger partial charge in [0.05, 0.1) is 5.56 Å². The maximum absolute atomic E-state index is 13.3. The van der Waals surface area contributed by atoms with Gasteiger partial charge in [-0.1, -0.05) is 0 Å². The number of benzene rings is 1. The van der Waals surface area contributed by atoms with Gasteiger partial charge < -0.3 is 10.4 Å². The number of nitriles is 1. The van der Waals surface area contributed by atoms with Crippen LogP contribution in [-0.2, 0) is 0 Å². The number of nitrogens with one attached hydrogen (secondary N) is 1.